The third-order valence-corrected chi connectivity index (χ3v) is 6.76. The number of likely N-dealkylation sites (N-methyl/N-ethyl adjacent to an activating group) is 1. The minimum atomic E-state index is -0.461. The number of nitro benzene ring substituents is 1. The van der Waals surface area contributed by atoms with Crippen LogP contribution in [0, 0.1) is 10.1 Å². The summed E-state index contributed by atoms with van der Waals surface area (Å²) in [6, 6.07) is 12.4. The molecule has 3 aliphatic heterocycles. The highest BCUT2D eigenvalue weighted by Gasteiger charge is 2.38. The van der Waals surface area contributed by atoms with Gasteiger partial charge in [-0.3, -0.25) is 15.0 Å². The lowest BCUT2D eigenvalue weighted by Gasteiger charge is -2.51. The van der Waals surface area contributed by atoms with Gasteiger partial charge in [0.05, 0.1) is 56.5 Å². The number of ether oxygens (including phenoxy) is 1. The first-order valence-corrected chi connectivity index (χ1v) is 11.2. The number of nitrogens with zero attached hydrogens (tertiary/aromatic N) is 6. The molecular weight excluding hydrogens is 408 g/mol. The van der Waals surface area contributed by atoms with Crippen LogP contribution in [-0.4, -0.2) is 80.3 Å². The zero-order valence-corrected chi connectivity index (χ0v) is 18.8. The van der Waals surface area contributed by atoms with Gasteiger partial charge in [0.25, 0.3) is 5.69 Å². The van der Waals surface area contributed by atoms with E-state index in [1.807, 2.05) is 12.1 Å². The molecule has 5 rings (SSSR count). The van der Waals surface area contributed by atoms with Gasteiger partial charge in [-0.05, 0) is 37.3 Å². The summed E-state index contributed by atoms with van der Waals surface area (Å²) in [4.78, 5) is 15.5. The van der Waals surface area contributed by atoms with Gasteiger partial charge in [0, 0.05) is 37.9 Å². The van der Waals surface area contributed by atoms with Crippen molar-refractivity contribution < 1.29 is 14.1 Å². The maximum absolute atomic E-state index is 10.9. The number of methoxy groups -OCH3 is 1. The van der Waals surface area contributed by atoms with Crippen molar-refractivity contribution >= 4 is 22.7 Å². The Labute approximate surface area is 188 Å². The van der Waals surface area contributed by atoms with E-state index in [4.69, 9.17) is 4.74 Å². The molecule has 9 nitrogen and oxygen atoms in total. The fourth-order valence-corrected chi connectivity index (χ4v) is 4.57. The summed E-state index contributed by atoms with van der Waals surface area (Å²) in [5.74, 6) is 0.322. The van der Waals surface area contributed by atoms with Gasteiger partial charge in [0.15, 0.2) is 5.75 Å². The lowest BCUT2D eigenvalue weighted by Crippen LogP contribution is -2.68. The van der Waals surface area contributed by atoms with Crippen LogP contribution in [0.3, 0.4) is 0 Å². The van der Waals surface area contributed by atoms with Crippen LogP contribution in [0.4, 0.5) is 22.7 Å². The van der Waals surface area contributed by atoms with E-state index in [0.29, 0.717) is 11.4 Å². The zero-order valence-electron chi connectivity index (χ0n) is 18.8. The molecule has 2 aromatic rings. The van der Waals surface area contributed by atoms with Crippen molar-refractivity contribution in [3.8, 4) is 5.75 Å². The highest BCUT2D eigenvalue weighted by molar-refractivity contribution is 5.57. The SMILES string of the molecule is CCN(CC[N+]12CCN(CC1)CC2)c1ccc(/N=N/c2ccc([N+](=O)[O-])cc2OC)cc1. The smallest absolute Gasteiger partial charge is 0.273 e. The molecule has 3 fully saturated rings. The van der Waals surface area contributed by atoms with Gasteiger partial charge < -0.3 is 14.1 Å². The van der Waals surface area contributed by atoms with Crippen LogP contribution in [0.2, 0.25) is 0 Å². The van der Waals surface area contributed by atoms with Crippen LogP contribution in [0.15, 0.2) is 52.7 Å². The second-order valence-corrected chi connectivity index (χ2v) is 8.49. The van der Waals surface area contributed by atoms with Crippen LogP contribution in [0.5, 0.6) is 5.75 Å². The highest BCUT2D eigenvalue weighted by Crippen LogP contribution is 2.33. The third kappa shape index (κ3) is 4.89. The maximum Gasteiger partial charge on any atom is 0.273 e. The molecule has 0 amide bonds. The maximum atomic E-state index is 10.9. The molecule has 0 N–H and O–H groups in total. The first-order valence-electron chi connectivity index (χ1n) is 11.2. The minimum Gasteiger partial charge on any atom is -0.494 e. The van der Waals surface area contributed by atoms with Crippen molar-refractivity contribution in [2.24, 2.45) is 10.2 Å². The second kappa shape index (κ2) is 9.62. The molecule has 0 atom stereocenters. The Morgan fingerprint density at radius 3 is 2.38 bits per heavy atom. The largest absolute Gasteiger partial charge is 0.494 e. The Bertz CT molecular complexity index is 956. The van der Waals surface area contributed by atoms with Crippen LogP contribution in [0.25, 0.3) is 0 Å². The molecule has 2 aromatic carbocycles. The van der Waals surface area contributed by atoms with Gasteiger partial charge in [-0.1, -0.05) is 0 Å². The van der Waals surface area contributed by atoms with E-state index in [0.717, 1.165) is 18.8 Å². The number of quaternary nitrogens is 1. The van der Waals surface area contributed by atoms with Gasteiger partial charge in [0.2, 0.25) is 0 Å². The van der Waals surface area contributed by atoms with Crippen molar-refractivity contribution in [1.29, 1.82) is 0 Å². The Balaban J connectivity index is 1.40. The van der Waals surface area contributed by atoms with Crippen molar-refractivity contribution in [1.82, 2.24) is 4.90 Å². The van der Waals surface area contributed by atoms with Crippen LogP contribution >= 0.6 is 0 Å². The van der Waals surface area contributed by atoms with Crippen LogP contribution in [-0.2, 0) is 0 Å². The fraction of sp³-hybridized carbons (Fsp3) is 0.478. The van der Waals surface area contributed by atoms with Gasteiger partial charge in [-0.2, -0.15) is 5.11 Å². The number of fused-ring (bicyclic) bond motifs is 3. The lowest BCUT2D eigenvalue weighted by molar-refractivity contribution is -0.939. The molecule has 0 unspecified atom stereocenters. The second-order valence-electron chi connectivity index (χ2n) is 8.49. The number of hydrogen-bond donors (Lipinski definition) is 0. The van der Waals surface area contributed by atoms with Crippen molar-refractivity contribution in [2.45, 2.75) is 6.92 Å². The molecular formula is C23H31N6O3+. The summed E-state index contributed by atoms with van der Waals surface area (Å²) < 4.78 is 6.48. The number of anilines is 1. The summed E-state index contributed by atoms with van der Waals surface area (Å²) in [6.07, 6.45) is 0. The molecule has 2 bridgehead atoms. The number of non-ortho nitro benzene ring substituents is 1. The van der Waals surface area contributed by atoms with Crippen molar-refractivity contribution in [2.75, 3.05) is 70.9 Å². The topological polar surface area (TPSA) is 83.6 Å². The predicted molar refractivity (Wildman–Crippen MR) is 124 cm³/mol. The van der Waals surface area contributed by atoms with E-state index in [-0.39, 0.29) is 5.69 Å². The van der Waals surface area contributed by atoms with E-state index < -0.39 is 4.92 Å². The monoisotopic (exact) mass is 439 g/mol. The van der Waals surface area contributed by atoms with E-state index >= 15 is 0 Å². The normalized spacial score (nSPS) is 22.2. The number of nitro groups is 1. The average molecular weight is 440 g/mol. The quantitative estimate of drug-likeness (QED) is 0.255. The summed E-state index contributed by atoms with van der Waals surface area (Å²) in [6.45, 7) is 13.0. The highest BCUT2D eigenvalue weighted by atomic mass is 16.6. The fourth-order valence-electron chi connectivity index (χ4n) is 4.57. The number of piperazine rings is 3. The van der Waals surface area contributed by atoms with E-state index in [1.165, 1.54) is 75.2 Å². The molecule has 0 saturated carbocycles. The van der Waals surface area contributed by atoms with Gasteiger partial charge >= 0.3 is 0 Å². The molecule has 32 heavy (non-hydrogen) atoms. The summed E-state index contributed by atoms with van der Waals surface area (Å²) in [7, 11) is 1.46. The molecule has 0 aliphatic carbocycles. The van der Waals surface area contributed by atoms with Gasteiger partial charge in [-0.25, -0.2) is 0 Å². The van der Waals surface area contributed by atoms with Gasteiger partial charge in [0.1, 0.15) is 5.69 Å². The molecule has 3 heterocycles. The van der Waals surface area contributed by atoms with Crippen molar-refractivity contribution in [3.05, 3.63) is 52.6 Å². The number of benzene rings is 2. The summed E-state index contributed by atoms with van der Waals surface area (Å²) >= 11 is 0. The Hall–Kier alpha value is -3.04. The molecule has 3 saturated heterocycles. The van der Waals surface area contributed by atoms with Crippen LogP contribution in [0.1, 0.15) is 6.92 Å². The number of azo groups is 1. The third-order valence-electron chi connectivity index (χ3n) is 6.76. The predicted octanol–water partition coefficient (Wildman–Crippen LogP) is 3.99. The minimum absolute atomic E-state index is 0.0400. The molecule has 0 radical (unpaired) electrons. The molecule has 9 heteroatoms. The Morgan fingerprint density at radius 2 is 1.78 bits per heavy atom. The molecule has 3 aliphatic rings. The lowest BCUT2D eigenvalue weighted by atomic mass is 10.1. The van der Waals surface area contributed by atoms with E-state index in [1.54, 1.807) is 6.07 Å². The van der Waals surface area contributed by atoms with Crippen LogP contribution < -0.4 is 9.64 Å². The number of rotatable bonds is 9. The summed E-state index contributed by atoms with van der Waals surface area (Å²) in [5, 5.41) is 19.4. The molecule has 0 aromatic heterocycles. The summed E-state index contributed by atoms with van der Waals surface area (Å²) in [5.41, 5.74) is 2.32. The van der Waals surface area contributed by atoms with E-state index in [9.17, 15) is 10.1 Å². The Morgan fingerprint density at radius 1 is 1.09 bits per heavy atom. The molecule has 0 spiro atoms. The van der Waals surface area contributed by atoms with E-state index in [2.05, 4.69) is 39.1 Å². The first kappa shape index (κ1) is 22.2. The Kier molecular flexibility index (Phi) is 6.66. The number of hydrogen-bond acceptors (Lipinski definition) is 7. The van der Waals surface area contributed by atoms with Crippen molar-refractivity contribution in [3.63, 3.8) is 0 Å². The standard InChI is InChI=1S/C23H31N6O3/c1-3-27(13-17-29-14-10-26(11-15-29)12-16-29)20-6-4-19(5-7-20)24-25-22-9-8-21(28(30)31)18-23(22)32-2/h4-9,18H,3,10-17H2,1-2H3/q+1/b25-24+. The molecule has 170 valence electrons. The van der Waals surface area contributed by atoms with Gasteiger partial charge in [-0.15, -0.1) is 5.11 Å². The average Bonchev–Trinajstić information content (AvgIpc) is 2.84. The zero-order chi connectivity index (χ0) is 22.6. The first-order chi connectivity index (χ1) is 15.5.